The summed E-state index contributed by atoms with van der Waals surface area (Å²) in [7, 11) is 0. The summed E-state index contributed by atoms with van der Waals surface area (Å²) in [4.78, 5) is 12.0. The Labute approximate surface area is 111 Å². The van der Waals surface area contributed by atoms with Crippen molar-refractivity contribution in [3.05, 3.63) is 0 Å². The molecule has 2 rings (SSSR count). The Hall–Kier alpha value is -0.780. The van der Waals surface area contributed by atoms with Crippen LogP contribution in [0.2, 0.25) is 0 Å². The number of carbonyl (C=O) groups excluding carboxylic acids is 1. The summed E-state index contributed by atoms with van der Waals surface area (Å²) in [5.41, 5.74) is 0. The van der Waals surface area contributed by atoms with Crippen LogP contribution in [0.15, 0.2) is 0 Å². The molecule has 2 fully saturated rings. The lowest BCUT2D eigenvalue weighted by atomic mass is 9.81. The number of hydrogen-bond acceptors (Lipinski definition) is 2. The lowest BCUT2D eigenvalue weighted by molar-refractivity contribution is -0.184. The van der Waals surface area contributed by atoms with Crippen LogP contribution in [0.25, 0.3) is 0 Å². The van der Waals surface area contributed by atoms with Crippen molar-refractivity contribution in [1.29, 1.82) is 0 Å². The van der Waals surface area contributed by atoms with Gasteiger partial charge in [-0.05, 0) is 45.1 Å². The number of piperidine rings is 1. The maximum Gasteiger partial charge on any atom is 0.391 e. The fourth-order valence-electron chi connectivity index (χ4n) is 2.98. The highest BCUT2D eigenvalue weighted by Gasteiger charge is 2.42. The Morgan fingerprint density at radius 2 is 1.79 bits per heavy atom. The molecule has 19 heavy (non-hydrogen) atoms. The van der Waals surface area contributed by atoms with E-state index in [9.17, 15) is 18.0 Å². The van der Waals surface area contributed by atoms with Gasteiger partial charge in [-0.3, -0.25) is 4.79 Å². The molecule has 6 heteroatoms. The van der Waals surface area contributed by atoms with E-state index in [2.05, 4.69) is 10.6 Å². The Bertz CT molecular complexity index is 306. The zero-order valence-corrected chi connectivity index (χ0v) is 10.9. The molecular weight excluding hydrogens is 257 g/mol. The second-order valence-electron chi connectivity index (χ2n) is 5.64. The van der Waals surface area contributed by atoms with Crippen LogP contribution in [-0.4, -0.2) is 31.2 Å². The van der Waals surface area contributed by atoms with Crippen LogP contribution in [0.5, 0.6) is 0 Å². The van der Waals surface area contributed by atoms with Crippen LogP contribution in [0.3, 0.4) is 0 Å². The lowest BCUT2D eigenvalue weighted by Gasteiger charge is -2.31. The van der Waals surface area contributed by atoms with E-state index in [1.54, 1.807) is 0 Å². The molecular formula is C13H21F3N2O. The normalized spacial score (nSPS) is 32.9. The van der Waals surface area contributed by atoms with Gasteiger partial charge in [0.15, 0.2) is 0 Å². The van der Waals surface area contributed by atoms with Crippen LogP contribution < -0.4 is 10.6 Å². The maximum absolute atomic E-state index is 12.5. The fourth-order valence-corrected chi connectivity index (χ4v) is 2.98. The van der Waals surface area contributed by atoms with E-state index in [0.717, 1.165) is 25.9 Å². The zero-order chi connectivity index (χ0) is 13.9. The number of rotatable bonds is 2. The number of halogens is 3. The van der Waals surface area contributed by atoms with E-state index < -0.39 is 12.1 Å². The van der Waals surface area contributed by atoms with E-state index >= 15 is 0 Å². The first-order valence-electron chi connectivity index (χ1n) is 7.04. The summed E-state index contributed by atoms with van der Waals surface area (Å²) in [5.74, 6) is -1.51. The minimum Gasteiger partial charge on any atom is -0.352 e. The summed E-state index contributed by atoms with van der Waals surface area (Å²) in [6.07, 6.45) is -1.22. The predicted molar refractivity (Wildman–Crippen MR) is 65.5 cm³/mol. The van der Waals surface area contributed by atoms with Gasteiger partial charge in [0.1, 0.15) is 0 Å². The van der Waals surface area contributed by atoms with E-state index in [1.165, 1.54) is 0 Å². The third kappa shape index (κ3) is 4.09. The van der Waals surface area contributed by atoms with Gasteiger partial charge in [-0.25, -0.2) is 0 Å². The molecule has 0 bridgehead atoms. The Balaban J connectivity index is 1.76. The fraction of sp³-hybridized carbons (Fsp3) is 0.923. The molecule has 1 saturated heterocycles. The van der Waals surface area contributed by atoms with Crippen molar-refractivity contribution in [2.45, 2.75) is 50.7 Å². The molecule has 3 nitrogen and oxygen atoms in total. The second-order valence-corrected chi connectivity index (χ2v) is 5.64. The Morgan fingerprint density at radius 3 is 2.32 bits per heavy atom. The van der Waals surface area contributed by atoms with Gasteiger partial charge in [0, 0.05) is 18.5 Å². The number of nitrogens with one attached hydrogen (secondary N) is 2. The molecule has 0 aromatic heterocycles. The Kier molecular flexibility index (Phi) is 4.71. The highest BCUT2D eigenvalue weighted by Crippen LogP contribution is 2.39. The summed E-state index contributed by atoms with van der Waals surface area (Å²) in [6.45, 7) is 1.74. The number of hydrogen-bond donors (Lipinski definition) is 2. The van der Waals surface area contributed by atoms with E-state index in [1.807, 2.05) is 0 Å². The van der Waals surface area contributed by atoms with Crippen molar-refractivity contribution in [1.82, 2.24) is 10.6 Å². The average Bonchev–Trinajstić information content (AvgIpc) is 2.39. The third-order valence-corrected chi connectivity index (χ3v) is 4.20. The first-order chi connectivity index (χ1) is 8.97. The first-order valence-corrected chi connectivity index (χ1v) is 7.04. The predicted octanol–water partition coefficient (Wildman–Crippen LogP) is 2.22. The molecule has 1 unspecified atom stereocenters. The van der Waals surface area contributed by atoms with Crippen molar-refractivity contribution in [2.75, 3.05) is 13.1 Å². The van der Waals surface area contributed by atoms with Crippen molar-refractivity contribution < 1.29 is 18.0 Å². The summed E-state index contributed by atoms with van der Waals surface area (Å²) in [5, 5.41) is 6.17. The van der Waals surface area contributed by atoms with E-state index in [4.69, 9.17) is 0 Å². The minimum absolute atomic E-state index is 0.0608. The highest BCUT2D eigenvalue weighted by atomic mass is 19.4. The van der Waals surface area contributed by atoms with Crippen molar-refractivity contribution >= 4 is 5.91 Å². The van der Waals surface area contributed by atoms with Gasteiger partial charge in [-0.2, -0.15) is 13.2 Å². The molecule has 1 atom stereocenters. The molecule has 2 aliphatic rings. The van der Waals surface area contributed by atoms with Crippen LogP contribution in [0.4, 0.5) is 13.2 Å². The molecule has 1 aliphatic carbocycles. The summed E-state index contributed by atoms with van der Waals surface area (Å²) >= 11 is 0. The number of alkyl halides is 3. The van der Waals surface area contributed by atoms with Crippen molar-refractivity contribution in [2.24, 2.45) is 11.8 Å². The van der Waals surface area contributed by atoms with Crippen molar-refractivity contribution in [3.8, 4) is 0 Å². The SMILES string of the molecule is O=C(NC1CCCNC1)C1CCC(C(F)(F)F)CC1. The van der Waals surface area contributed by atoms with Gasteiger partial charge in [-0.1, -0.05) is 0 Å². The van der Waals surface area contributed by atoms with Gasteiger partial charge >= 0.3 is 6.18 Å². The third-order valence-electron chi connectivity index (χ3n) is 4.20. The van der Waals surface area contributed by atoms with Crippen molar-refractivity contribution in [3.63, 3.8) is 0 Å². The van der Waals surface area contributed by atoms with Crippen LogP contribution in [0.1, 0.15) is 38.5 Å². The molecule has 0 spiro atoms. The zero-order valence-electron chi connectivity index (χ0n) is 10.9. The molecule has 1 amide bonds. The number of amides is 1. The van der Waals surface area contributed by atoms with E-state index in [-0.39, 0.29) is 30.7 Å². The van der Waals surface area contributed by atoms with Gasteiger partial charge in [0.05, 0.1) is 5.92 Å². The highest BCUT2D eigenvalue weighted by molar-refractivity contribution is 5.79. The number of carbonyl (C=O) groups is 1. The summed E-state index contributed by atoms with van der Waals surface area (Å²) in [6, 6.07) is 0.140. The standard InChI is InChI=1S/C13H21F3N2O/c14-13(15,16)10-5-3-9(4-6-10)12(19)18-11-2-1-7-17-8-11/h9-11,17H,1-8H2,(H,18,19). The van der Waals surface area contributed by atoms with E-state index in [0.29, 0.717) is 12.8 Å². The average molecular weight is 278 g/mol. The first kappa shape index (κ1) is 14.6. The molecule has 2 N–H and O–H groups in total. The molecule has 1 aliphatic heterocycles. The topological polar surface area (TPSA) is 41.1 Å². The molecule has 1 heterocycles. The Morgan fingerprint density at radius 1 is 1.11 bits per heavy atom. The molecule has 0 radical (unpaired) electrons. The molecule has 0 aromatic carbocycles. The van der Waals surface area contributed by atoms with Crippen LogP contribution in [0, 0.1) is 11.8 Å². The van der Waals surface area contributed by atoms with Crippen LogP contribution in [-0.2, 0) is 4.79 Å². The minimum atomic E-state index is -4.10. The maximum atomic E-state index is 12.5. The van der Waals surface area contributed by atoms with Gasteiger partial charge in [0.25, 0.3) is 0 Å². The van der Waals surface area contributed by atoms with Crippen LogP contribution >= 0.6 is 0 Å². The molecule has 0 aromatic rings. The molecule has 110 valence electrons. The van der Waals surface area contributed by atoms with Gasteiger partial charge < -0.3 is 10.6 Å². The van der Waals surface area contributed by atoms with Gasteiger partial charge in [-0.15, -0.1) is 0 Å². The smallest absolute Gasteiger partial charge is 0.352 e. The largest absolute Gasteiger partial charge is 0.391 e. The quantitative estimate of drug-likeness (QED) is 0.813. The van der Waals surface area contributed by atoms with Gasteiger partial charge in [0.2, 0.25) is 5.91 Å². The monoisotopic (exact) mass is 278 g/mol. The second kappa shape index (κ2) is 6.11. The molecule has 1 saturated carbocycles. The summed E-state index contributed by atoms with van der Waals surface area (Å²) < 4.78 is 37.6. The lowest BCUT2D eigenvalue weighted by Crippen LogP contribution is -2.48.